The van der Waals surface area contributed by atoms with Gasteiger partial charge in [0.25, 0.3) is 11.8 Å². The first kappa shape index (κ1) is 22.0. The highest BCUT2D eigenvalue weighted by molar-refractivity contribution is 7.80. The minimum Gasteiger partial charge on any atom is -0.363 e. The van der Waals surface area contributed by atoms with Gasteiger partial charge in [0.15, 0.2) is 5.11 Å². The molecule has 2 aromatic carbocycles. The molecule has 2 aliphatic heterocycles. The van der Waals surface area contributed by atoms with Crippen LogP contribution < -0.4 is 15.1 Å². The molecule has 0 unspecified atom stereocenters. The molecule has 0 aromatic heterocycles. The topological polar surface area (TPSA) is 52.7 Å². The number of rotatable bonds is 3. The summed E-state index contributed by atoms with van der Waals surface area (Å²) >= 11 is 5.30. The van der Waals surface area contributed by atoms with Gasteiger partial charge in [-0.25, -0.2) is 0 Å². The van der Waals surface area contributed by atoms with E-state index in [-0.39, 0.29) is 16.2 Å². The van der Waals surface area contributed by atoms with Crippen LogP contribution in [-0.4, -0.2) is 29.0 Å². The number of benzene rings is 2. The van der Waals surface area contributed by atoms with E-state index in [0.29, 0.717) is 5.69 Å². The van der Waals surface area contributed by atoms with Crippen molar-refractivity contribution >= 4 is 52.2 Å². The van der Waals surface area contributed by atoms with Gasteiger partial charge in [-0.15, -0.1) is 0 Å². The van der Waals surface area contributed by atoms with Gasteiger partial charge >= 0.3 is 0 Å². The number of amides is 2. The number of likely N-dealkylation sites (N-methyl/N-ethyl adjacent to an activating group) is 1. The van der Waals surface area contributed by atoms with E-state index in [1.54, 1.807) is 12.1 Å². The number of anilines is 2. The highest BCUT2D eigenvalue weighted by Gasteiger charge is 2.35. The molecule has 0 radical (unpaired) electrons. The van der Waals surface area contributed by atoms with Gasteiger partial charge in [-0.05, 0) is 93.9 Å². The third-order valence-corrected chi connectivity index (χ3v) is 6.28. The highest BCUT2D eigenvalue weighted by Crippen LogP contribution is 2.39. The number of fused-ring (bicyclic) bond motifs is 1. The lowest BCUT2D eigenvalue weighted by molar-refractivity contribution is -0.122. The third-order valence-electron chi connectivity index (χ3n) is 5.99. The number of hydrogen-bond acceptors (Lipinski definition) is 4. The smallest absolute Gasteiger partial charge is 0.270 e. The lowest BCUT2D eigenvalue weighted by Crippen LogP contribution is -2.54. The molecule has 2 aliphatic rings. The molecule has 2 aromatic rings. The van der Waals surface area contributed by atoms with Gasteiger partial charge in [0.05, 0.1) is 11.2 Å². The zero-order valence-electron chi connectivity index (χ0n) is 19.0. The largest absolute Gasteiger partial charge is 0.363 e. The van der Waals surface area contributed by atoms with Crippen molar-refractivity contribution in [3.8, 4) is 0 Å². The Bertz CT molecular complexity index is 1210. The molecule has 0 saturated carbocycles. The van der Waals surface area contributed by atoms with Crippen LogP contribution in [0.3, 0.4) is 0 Å². The Kier molecular flexibility index (Phi) is 5.51. The lowest BCUT2D eigenvalue weighted by atomic mass is 9.88. The number of aryl methyl sites for hydroxylation is 1. The Morgan fingerprint density at radius 2 is 1.84 bits per heavy atom. The molecular formula is C26H27N3O2S. The molecule has 5 nitrogen and oxygen atoms in total. The standard InChI is InChI=1S/C26H27N3O2S/c1-6-28-22-11-10-18(13-20(22)17(3)15-26(28,4)5)14-21-23(30)27-25(32)29(24(21)31)19-9-7-8-16(2)12-19/h7-15H,6H2,1-5H3,(H,27,30,32)/b21-14-. The molecule has 164 valence electrons. The average molecular weight is 446 g/mol. The van der Waals surface area contributed by atoms with Crippen molar-refractivity contribution in [3.05, 3.63) is 70.8 Å². The Labute approximate surface area is 194 Å². The second kappa shape index (κ2) is 8.02. The summed E-state index contributed by atoms with van der Waals surface area (Å²) in [6, 6.07) is 13.5. The third kappa shape index (κ3) is 3.75. The van der Waals surface area contributed by atoms with E-state index in [2.05, 4.69) is 50.1 Å². The Morgan fingerprint density at radius 1 is 1.09 bits per heavy atom. The van der Waals surface area contributed by atoms with Crippen molar-refractivity contribution in [2.75, 3.05) is 16.3 Å². The van der Waals surface area contributed by atoms with Crippen molar-refractivity contribution in [1.82, 2.24) is 5.32 Å². The van der Waals surface area contributed by atoms with Gasteiger partial charge in [-0.3, -0.25) is 19.8 Å². The number of thiocarbonyl (C=S) groups is 1. The molecule has 2 amide bonds. The van der Waals surface area contributed by atoms with E-state index in [1.165, 1.54) is 10.5 Å². The number of nitrogens with one attached hydrogen (secondary N) is 1. The quantitative estimate of drug-likeness (QED) is 0.417. The van der Waals surface area contributed by atoms with Gasteiger partial charge < -0.3 is 4.90 Å². The predicted molar refractivity (Wildman–Crippen MR) is 135 cm³/mol. The molecule has 1 fully saturated rings. The molecule has 6 heteroatoms. The van der Waals surface area contributed by atoms with Crippen LogP contribution in [0.2, 0.25) is 0 Å². The van der Waals surface area contributed by atoms with Crippen molar-refractivity contribution in [2.45, 2.75) is 40.2 Å². The molecule has 1 N–H and O–H groups in total. The Balaban J connectivity index is 1.75. The summed E-state index contributed by atoms with van der Waals surface area (Å²) in [7, 11) is 0. The average Bonchev–Trinajstić information content (AvgIpc) is 2.71. The maximum atomic E-state index is 13.3. The first-order chi connectivity index (χ1) is 15.1. The van der Waals surface area contributed by atoms with Crippen LogP contribution >= 0.6 is 12.2 Å². The van der Waals surface area contributed by atoms with Crippen molar-refractivity contribution in [2.24, 2.45) is 0 Å². The van der Waals surface area contributed by atoms with E-state index in [9.17, 15) is 9.59 Å². The van der Waals surface area contributed by atoms with Crippen LogP contribution in [0, 0.1) is 6.92 Å². The number of allylic oxidation sites excluding steroid dienone is 1. The zero-order valence-corrected chi connectivity index (χ0v) is 19.8. The lowest BCUT2D eigenvalue weighted by Gasteiger charge is -2.42. The molecule has 0 bridgehead atoms. The van der Waals surface area contributed by atoms with E-state index in [1.807, 2.05) is 37.3 Å². The van der Waals surface area contributed by atoms with Crippen LogP contribution in [0.4, 0.5) is 11.4 Å². The summed E-state index contributed by atoms with van der Waals surface area (Å²) in [5.74, 6) is -0.907. The summed E-state index contributed by atoms with van der Waals surface area (Å²) < 4.78 is 0. The second-order valence-corrected chi connectivity index (χ2v) is 9.19. The van der Waals surface area contributed by atoms with Crippen LogP contribution in [0.25, 0.3) is 11.6 Å². The minimum atomic E-state index is -0.481. The second-order valence-electron chi connectivity index (χ2n) is 8.80. The van der Waals surface area contributed by atoms with Crippen molar-refractivity contribution in [1.29, 1.82) is 0 Å². The van der Waals surface area contributed by atoms with Gasteiger partial charge in [0.1, 0.15) is 5.57 Å². The predicted octanol–water partition coefficient (Wildman–Crippen LogP) is 4.85. The molecule has 4 rings (SSSR count). The summed E-state index contributed by atoms with van der Waals surface area (Å²) in [6.45, 7) is 11.5. The normalized spacial score (nSPS) is 19.1. The summed E-state index contributed by atoms with van der Waals surface area (Å²) in [5, 5.41) is 2.75. The van der Waals surface area contributed by atoms with E-state index >= 15 is 0 Å². The fourth-order valence-electron chi connectivity index (χ4n) is 4.59. The molecule has 0 atom stereocenters. The molecule has 1 saturated heterocycles. The monoisotopic (exact) mass is 445 g/mol. The fourth-order valence-corrected chi connectivity index (χ4v) is 4.88. The first-order valence-electron chi connectivity index (χ1n) is 10.7. The highest BCUT2D eigenvalue weighted by atomic mass is 32.1. The fraction of sp³-hybridized carbons (Fsp3) is 0.269. The maximum Gasteiger partial charge on any atom is 0.270 e. The van der Waals surface area contributed by atoms with E-state index in [0.717, 1.165) is 28.9 Å². The Hall–Kier alpha value is -3.25. The number of nitrogens with zero attached hydrogens (tertiary/aromatic N) is 2. The number of hydrogen-bond donors (Lipinski definition) is 1. The van der Waals surface area contributed by atoms with Crippen molar-refractivity contribution in [3.63, 3.8) is 0 Å². The molecule has 32 heavy (non-hydrogen) atoms. The van der Waals surface area contributed by atoms with Crippen LogP contribution in [0.1, 0.15) is 44.4 Å². The Morgan fingerprint density at radius 3 is 2.53 bits per heavy atom. The number of carbonyl (C=O) groups excluding carboxylic acids is 2. The summed E-state index contributed by atoms with van der Waals surface area (Å²) in [6.07, 6.45) is 3.90. The van der Waals surface area contributed by atoms with Crippen LogP contribution in [0.5, 0.6) is 0 Å². The van der Waals surface area contributed by atoms with Gasteiger partial charge in [0.2, 0.25) is 0 Å². The minimum absolute atomic E-state index is 0.0603. The van der Waals surface area contributed by atoms with E-state index < -0.39 is 11.8 Å². The molecular weight excluding hydrogens is 418 g/mol. The molecule has 0 spiro atoms. The first-order valence-corrected chi connectivity index (χ1v) is 11.1. The molecule has 0 aliphatic carbocycles. The SMILES string of the molecule is CCN1c2ccc(/C=C3/C(=O)NC(=S)N(c4cccc(C)c4)C3=O)cc2C(C)=CC1(C)C. The van der Waals surface area contributed by atoms with Crippen LogP contribution in [0.15, 0.2) is 54.1 Å². The summed E-state index contributed by atoms with van der Waals surface area (Å²) in [5.41, 5.74) is 5.85. The van der Waals surface area contributed by atoms with Gasteiger partial charge in [-0.2, -0.15) is 0 Å². The molecule has 2 heterocycles. The van der Waals surface area contributed by atoms with Crippen molar-refractivity contribution < 1.29 is 9.59 Å². The van der Waals surface area contributed by atoms with E-state index in [4.69, 9.17) is 12.2 Å². The number of carbonyl (C=O) groups is 2. The maximum absolute atomic E-state index is 13.3. The van der Waals surface area contributed by atoms with Gasteiger partial charge in [-0.1, -0.05) is 24.3 Å². The summed E-state index contributed by atoms with van der Waals surface area (Å²) in [4.78, 5) is 29.7. The van der Waals surface area contributed by atoms with Crippen LogP contribution in [-0.2, 0) is 9.59 Å². The van der Waals surface area contributed by atoms with Gasteiger partial charge in [0, 0.05) is 17.8 Å². The zero-order chi connectivity index (χ0) is 23.2.